The number of nitrogens with one attached hydrogen (secondary N) is 2. The van der Waals surface area contributed by atoms with Gasteiger partial charge in [-0.15, -0.1) is 24.0 Å². The molecule has 2 N–H and O–H groups in total. The van der Waals surface area contributed by atoms with Crippen LogP contribution in [0, 0.1) is 13.8 Å². The normalized spacial score (nSPS) is 11.0. The maximum absolute atomic E-state index is 12.1. The Hall–Kier alpha value is -2.10. The smallest absolute Gasteiger partial charge is 0.253 e. The molecule has 8 heteroatoms. The summed E-state index contributed by atoms with van der Waals surface area (Å²) < 4.78 is 1.89. The van der Waals surface area contributed by atoms with Crippen molar-refractivity contribution in [1.29, 1.82) is 0 Å². The van der Waals surface area contributed by atoms with Gasteiger partial charge in [0, 0.05) is 51.1 Å². The van der Waals surface area contributed by atoms with Crippen molar-refractivity contribution < 1.29 is 4.79 Å². The average Bonchev–Trinajstić information content (AvgIpc) is 2.91. The van der Waals surface area contributed by atoms with Gasteiger partial charge in [0.25, 0.3) is 5.91 Å². The number of guanidine groups is 1. The molecule has 0 atom stereocenters. The van der Waals surface area contributed by atoms with E-state index in [9.17, 15) is 4.79 Å². The summed E-state index contributed by atoms with van der Waals surface area (Å²) in [6, 6.07) is 7.78. The first-order chi connectivity index (χ1) is 13.3. The van der Waals surface area contributed by atoms with E-state index in [2.05, 4.69) is 22.7 Å². The fraction of sp³-hybridized carbons (Fsp3) is 0.476. The molecular weight excluding hydrogens is 479 g/mol. The molecule has 2 rings (SSSR count). The minimum atomic E-state index is 0. The van der Waals surface area contributed by atoms with E-state index in [1.807, 2.05) is 49.8 Å². The summed E-state index contributed by atoms with van der Waals surface area (Å²) in [7, 11) is 5.48. The predicted molar refractivity (Wildman–Crippen MR) is 129 cm³/mol. The summed E-state index contributed by atoms with van der Waals surface area (Å²) in [5.41, 5.74) is 5.15. The van der Waals surface area contributed by atoms with Crippen LogP contribution in [0.15, 0.2) is 29.3 Å². The first-order valence-corrected chi connectivity index (χ1v) is 9.65. The second-order valence-electron chi connectivity index (χ2n) is 7.04. The molecule has 0 unspecified atom stereocenters. The fourth-order valence-corrected chi connectivity index (χ4v) is 2.99. The molecule has 0 aliphatic rings. The van der Waals surface area contributed by atoms with Crippen molar-refractivity contribution >= 4 is 35.8 Å². The number of aryl methyl sites for hydroxylation is 2. The monoisotopic (exact) mass is 512 g/mol. The number of nitrogens with zero attached hydrogens (tertiary/aromatic N) is 4. The number of halogens is 1. The summed E-state index contributed by atoms with van der Waals surface area (Å²) in [6.45, 7) is 8.25. The largest absolute Gasteiger partial charge is 0.357 e. The van der Waals surface area contributed by atoms with E-state index in [1.54, 1.807) is 19.0 Å². The molecule has 0 aliphatic heterocycles. The van der Waals surface area contributed by atoms with Gasteiger partial charge in [-0.05, 0) is 44.9 Å². The van der Waals surface area contributed by atoms with Crippen LogP contribution in [0.1, 0.15) is 39.8 Å². The van der Waals surface area contributed by atoms with Crippen molar-refractivity contribution in [1.82, 2.24) is 25.3 Å². The first kappa shape index (κ1) is 24.9. The quantitative estimate of drug-likeness (QED) is 0.340. The van der Waals surface area contributed by atoms with E-state index in [0.29, 0.717) is 12.1 Å². The molecule has 1 amide bonds. The molecule has 1 heterocycles. The van der Waals surface area contributed by atoms with Gasteiger partial charge in [-0.1, -0.05) is 12.1 Å². The molecule has 160 valence electrons. The van der Waals surface area contributed by atoms with Gasteiger partial charge in [0.05, 0.1) is 12.2 Å². The Balaban J connectivity index is 0.00000420. The second kappa shape index (κ2) is 11.8. The predicted octanol–water partition coefficient (Wildman–Crippen LogP) is 2.65. The lowest BCUT2D eigenvalue weighted by molar-refractivity contribution is 0.0827. The van der Waals surface area contributed by atoms with Crippen LogP contribution in [0.2, 0.25) is 0 Å². The molecular formula is C21H33IN6O. The number of hydrogen-bond donors (Lipinski definition) is 2. The maximum atomic E-state index is 12.1. The van der Waals surface area contributed by atoms with Crippen LogP contribution in [0.4, 0.5) is 0 Å². The third kappa shape index (κ3) is 7.02. The molecule has 0 aliphatic carbocycles. The molecule has 0 spiro atoms. The summed E-state index contributed by atoms with van der Waals surface area (Å²) in [5, 5.41) is 11.1. The highest BCUT2D eigenvalue weighted by Crippen LogP contribution is 2.13. The fourth-order valence-electron chi connectivity index (χ4n) is 2.99. The first-order valence-electron chi connectivity index (χ1n) is 9.65. The van der Waals surface area contributed by atoms with Crippen LogP contribution in [-0.2, 0) is 20.0 Å². The number of amides is 1. The molecule has 0 saturated carbocycles. The van der Waals surface area contributed by atoms with Crippen molar-refractivity contribution in [3.05, 3.63) is 52.3 Å². The number of benzene rings is 1. The molecule has 2 aromatic rings. The minimum absolute atomic E-state index is 0. The highest BCUT2D eigenvalue weighted by atomic mass is 127. The van der Waals surface area contributed by atoms with Crippen LogP contribution < -0.4 is 10.6 Å². The number of rotatable bonds is 7. The standard InChI is InChI=1S/C21H32N6O.HI/c1-7-22-21(24-14-19-15(2)25-27(6)16(19)3)23-12-11-17-9-8-10-18(13-17)20(28)26(4)5;/h8-10,13H,7,11-12,14H2,1-6H3,(H2,22,23,24);1H. The lowest BCUT2D eigenvalue weighted by Crippen LogP contribution is -2.38. The topological polar surface area (TPSA) is 74.5 Å². The summed E-state index contributed by atoms with van der Waals surface area (Å²) in [4.78, 5) is 18.4. The van der Waals surface area contributed by atoms with E-state index in [-0.39, 0.29) is 29.9 Å². The van der Waals surface area contributed by atoms with Crippen LogP contribution in [0.5, 0.6) is 0 Å². The average molecular weight is 512 g/mol. The van der Waals surface area contributed by atoms with Gasteiger partial charge in [-0.25, -0.2) is 4.99 Å². The molecule has 0 fully saturated rings. The molecule has 1 aromatic carbocycles. The summed E-state index contributed by atoms with van der Waals surface area (Å²) >= 11 is 0. The number of carbonyl (C=O) groups excluding carboxylic acids is 1. The minimum Gasteiger partial charge on any atom is -0.357 e. The van der Waals surface area contributed by atoms with E-state index in [4.69, 9.17) is 4.99 Å². The zero-order valence-electron chi connectivity index (χ0n) is 18.2. The van der Waals surface area contributed by atoms with Gasteiger partial charge in [-0.3, -0.25) is 9.48 Å². The summed E-state index contributed by atoms with van der Waals surface area (Å²) in [6.07, 6.45) is 0.809. The Kier molecular flexibility index (Phi) is 10.1. The molecule has 0 radical (unpaired) electrons. The second-order valence-corrected chi connectivity index (χ2v) is 7.04. The summed E-state index contributed by atoms with van der Waals surface area (Å²) in [5.74, 6) is 0.803. The maximum Gasteiger partial charge on any atom is 0.253 e. The molecule has 29 heavy (non-hydrogen) atoms. The van der Waals surface area contributed by atoms with E-state index >= 15 is 0 Å². The van der Waals surface area contributed by atoms with Gasteiger partial charge >= 0.3 is 0 Å². The van der Waals surface area contributed by atoms with Crippen LogP contribution in [-0.4, -0.2) is 53.7 Å². The van der Waals surface area contributed by atoms with Crippen molar-refractivity contribution in [2.75, 3.05) is 27.2 Å². The van der Waals surface area contributed by atoms with Crippen LogP contribution >= 0.6 is 24.0 Å². The van der Waals surface area contributed by atoms with Gasteiger partial charge < -0.3 is 15.5 Å². The Bertz CT molecular complexity index is 844. The van der Waals surface area contributed by atoms with E-state index < -0.39 is 0 Å². The Morgan fingerprint density at radius 3 is 2.55 bits per heavy atom. The molecule has 0 saturated heterocycles. The third-order valence-electron chi connectivity index (χ3n) is 4.68. The van der Waals surface area contributed by atoms with Crippen molar-refractivity contribution in [3.8, 4) is 0 Å². The van der Waals surface area contributed by atoms with Gasteiger partial charge in [0.2, 0.25) is 0 Å². The number of aliphatic imine (C=N–C) groups is 1. The SMILES string of the molecule is CCNC(=NCc1c(C)nn(C)c1C)NCCc1cccc(C(=O)N(C)C)c1.I. The molecule has 7 nitrogen and oxygen atoms in total. The zero-order chi connectivity index (χ0) is 20.7. The lowest BCUT2D eigenvalue weighted by Gasteiger charge is -2.13. The van der Waals surface area contributed by atoms with Gasteiger partial charge in [0.15, 0.2) is 5.96 Å². The van der Waals surface area contributed by atoms with E-state index in [1.165, 1.54) is 0 Å². The van der Waals surface area contributed by atoms with Crippen molar-refractivity contribution in [2.24, 2.45) is 12.0 Å². The van der Waals surface area contributed by atoms with Crippen LogP contribution in [0.3, 0.4) is 0 Å². The van der Waals surface area contributed by atoms with Gasteiger partial charge in [0.1, 0.15) is 0 Å². The number of aromatic nitrogens is 2. The Morgan fingerprint density at radius 2 is 1.97 bits per heavy atom. The van der Waals surface area contributed by atoms with Crippen molar-refractivity contribution in [3.63, 3.8) is 0 Å². The lowest BCUT2D eigenvalue weighted by atomic mass is 10.1. The van der Waals surface area contributed by atoms with Gasteiger partial charge in [-0.2, -0.15) is 5.10 Å². The third-order valence-corrected chi connectivity index (χ3v) is 4.68. The Labute approximate surface area is 191 Å². The molecule has 1 aromatic heterocycles. The Morgan fingerprint density at radius 1 is 1.24 bits per heavy atom. The van der Waals surface area contributed by atoms with E-state index in [0.717, 1.165) is 48.0 Å². The van der Waals surface area contributed by atoms with Crippen LogP contribution in [0.25, 0.3) is 0 Å². The highest BCUT2D eigenvalue weighted by Gasteiger charge is 2.10. The highest BCUT2D eigenvalue weighted by molar-refractivity contribution is 14.0. The number of hydrogen-bond acceptors (Lipinski definition) is 3. The van der Waals surface area contributed by atoms with Crippen molar-refractivity contribution in [2.45, 2.75) is 33.7 Å². The zero-order valence-corrected chi connectivity index (χ0v) is 20.6. The molecule has 0 bridgehead atoms. The number of carbonyl (C=O) groups is 1.